The summed E-state index contributed by atoms with van der Waals surface area (Å²) in [5.74, 6) is -0.824. The maximum Gasteiger partial charge on any atom is 0.321 e. The molecule has 5 amide bonds. The first-order valence-electron chi connectivity index (χ1n) is 11.4. The molecule has 0 bridgehead atoms. The molecule has 1 fully saturated rings. The number of anilines is 2. The van der Waals surface area contributed by atoms with Crippen LogP contribution in [0.3, 0.4) is 0 Å². The standard InChI is InChI=1S/C25H28N4O4/c30-22(10-7-17-29-23(31)20-8-3-4-9-21(20)24(29)32)26-18-11-13-19(14-12-18)27-25(33)28-15-5-1-2-6-16-28/h3-4,8-9,11-14H,1-2,5-7,10,15-17H2,(H,26,30)(H,27,33). The summed E-state index contributed by atoms with van der Waals surface area (Å²) in [7, 11) is 0. The largest absolute Gasteiger partial charge is 0.326 e. The van der Waals surface area contributed by atoms with Crippen molar-refractivity contribution in [3.8, 4) is 0 Å². The van der Waals surface area contributed by atoms with Crippen LogP contribution in [0.15, 0.2) is 48.5 Å². The summed E-state index contributed by atoms with van der Waals surface area (Å²) in [5.41, 5.74) is 2.12. The Labute approximate surface area is 192 Å². The van der Waals surface area contributed by atoms with Gasteiger partial charge in [-0.15, -0.1) is 0 Å². The first kappa shape index (κ1) is 22.5. The van der Waals surface area contributed by atoms with E-state index in [1.165, 1.54) is 4.90 Å². The molecule has 0 radical (unpaired) electrons. The van der Waals surface area contributed by atoms with Crippen molar-refractivity contribution in [2.24, 2.45) is 0 Å². The van der Waals surface area contributed by atoms with Crippen LogP contribution in [0.1, 0.15) is 59.2 Å². The van der Waals surface area contributed by atoms with E-state index in [0.29, 0.717) is 28.9 Å². The van der Waals surface area contributed by atoms with Gasteiger partial charge >= 0.3 is 6.03 Å². The second-order valence-corrected chi connectivity index (χ2v) is 8.37. The van der Waals surface area contributed by atoms with Crippen LogP contribution >= 0.6 is 0 Å². The lowest BCUT2D eigenvalue weighted by atomic mass is 10.1. The van der Waals surface area contributed by atoms with Crippen LogP contribution in [-0.2, 0) is 4.79 Å². The number of urea groups is 1. The van der Waals surface area contributed by atoms with Crippen molar-refractivity contribution in [3.05, 3.63) is 59.7 Å². The van der Waals surface area contributed by atoms with Gasteiger partial charge in [0.15, 0.2) is 0 Å². The summed E-state index contributed by atoms with van der Waals surface area (Å²) in [6.45, 7) is 1.75. The highest BCUT2D eigenvalue weighted by Crippen LogP contribution is 2.23. The molecule has 8 nitrogen and oxygen atoms in total. The number of hydrogen-bond acceptors (Lipinski definition) is 4. The van der Waals surface area contributed by atoms with Gasteiger partial charge in [0, 0.05) is 37.4 Å². The highest BCUT2D eigenvalue weighted by atomic mass is 16.2. The quantitative estimate of drug-likeness (QED) is 0.650. The van der Waals surface area contributed by atoms with E-state index in [1.807, 2.05) is 4.90 Å². The van der Waals surface area contributed by atoms with Crippen molar-refractivity contribution in [2.75, 3.05) is 30.3 Å². The minimum atomic E-state index is -0.311. The van der Waals surface area contributed by atoms with E-state index in [0.717, 1.165) is 38.8 Å². The van der Waals surface area contributed by atoms with Crippen LogP contribution in [0.2, 0.25) is 0 Å². The number of carbonyl (C=O) groups is 4. The zero-order valence-corrected chi connectivity index (χ0v) is 18.5. The van der Waals surface area contributed by atoms with Gasteiger partial charge in [0.25, 0.3) is 11.8 Å². The molecule has 33 heavy (non-hydrogen) atoms. The van der Waals surface area contributed by atoms with Crippen molar-refractivity contribution < 1.29 is 19.2 Å². The highest BCUT2D eigenvalue weighted by molar-refractivity contribution is 6.21. The molecule has 4 rings (SSSR count). The van der Waals surface area contributed by atoms with Crippen LogP contribution in [0.5, 0.6) is 0 Å². The second kappa shape index (κ2) is 10.3. The Hall–Kier alpha value is -3.68. The summed E-state index contributed by atoms with van der Waals surface area (Å²) in [6, 6.07) is 13.6. The smallest absolute Gasteiger partial charge is 0.321 e. The first-order chi connectivity index (χ1) is 16.0. The maximum atomic E-state index is 12.4. The van der Waals surface area contributed by atoms with Crippen molar-refractivity contribution >= 4 is 35.1 Å². The number of likely N-dealkylation sites (tertiary alicyclic amines) is 1. The van der Waals surface area contributed by atoms with Crippen molar-refractivity contribution in [1.82, 2.24) is 9.80 Å². The van der Waals surface area contributed by atoms with E-state index >= 15 is 0 Å². The summed E-state index contributed by atoms with van der Waals surface area (Å²) in [6.07, 6.45) is 4.95. The molecule has 0 aromatic heterocycles. The Balaban J connectivity index is 1.22. The molecule has 2 heterocycles. The van der Waals surface area contributed by atoms with E-state index in [4.69, 9.17) is 0 Å². The molecule has 2 N–H and O–H groups in total. The van der Waals surface area contributed by atoms with Crippen LogP contribution in [-0.4, -0.2) is 53.2 Å². The lowest BCUT2D eigenvalue weighted by Gasteiger charge is -2.20. The molecule has 8 heteroatoms. The molecular formula is C25H28N4O4. The molecule has 2 aromatic rings. The SMILES string of the molecule is O=C(CCCN1C(=O)c2ccccc2C1=O)Nc1ccc(NC(=O)N2CCCCCC2)cc1. The molecule has 2 aromatic carbocycles. The summed E-state index contributed by atoms with van der Waals surface area (Å²) in [5, 5.41) is 5.71. The Kier molecular flexibility index (Phi) is 7.02. The monoisotopic (exact) mass is 448 g/mol. The topological polar surface area (TPSA) is 98.8 Å². The number of fused-ring (bicyclic) bond motifs is 1. The third-order valence-electron chi connectivity index (χ3n) is 5.98. The number of imide groups is 1. The van der Waals surface area contributed by atoms with Crippen LogP contribution < -0.4 is 10.6 Å². The highest BCUT2D eigenvalue weighted by Gasteiger charge is 2.34. The van der Waals surface area contributed by atoms with Gasteiger partial charge in [-0.2, -0.15) is 0 Å². The van der Waals surface area contributed by atoms with E-state index in [-0.39, 0.29) is 36.7 Å². The van der Waals surface area contributed by atoms with Crippen molar-refractivity contribution in [3.63, 3.8) is 0 Å². The molecule has 0 saturated carbocycles. The van der Waals surface area contributed by atoms with E-state index < -0.39 is 0 Å². The van der Waals surface area contributed by atoms with Gasteiger partial charge < -0.3 is 15.5 Å². The van der Waals surface area contributed by atoms with Crippen molar-refractivity contribution in [2.45, 2.75) is 38.5 Å². The minimum absolute atomic E-state index is 0.0955. The van der Waals surface area contributed by atoms with Gasteiger partial charge in [-0.1, -0.05) is 25.0 Å². The Morgan fingerprint density at radius 1 is 0.758 bits per heavy atom. The summed E-state index contributed by atoms with van der Waals surface area (Å²) in [4.78, 5) is 52.5. The zero-order valence-electron chi connectivity index (χ0n) is 18.5. The van der Waals surface area contributed by atoms with Crippen LogP contribution in [0.4, 0.5) is 16.2 Å². The van der Waals surface area contributed by atoms with Gasteiger partial charge in [-0.3, -0.25) is 19.3 Å². The molecular weight excluding hydrogens is 420 g/mol. The average molecular weight is 449 g/mol. The Morgan fingerprint density at radius 3 is 1.88 bits per heavy atom. The summed E-state index contributed by atoms with van der Waals surface area (Å²) >= 11 is 0. The van der Waals surface area contributed by atoms with E-state index in [9.17, 15) is 19.2 Å². The minimum Gasteiger partial charge on any atom is -0.326 e. The number of nitrogens with one attached hydrogen (secondary N) is 2. The first-order valence-corrected chi connectivity index (χ1v) is 11.4. The fraction of sp³-hybridized carbons (Fsp3) is 0.360. The molecule has 0 unspecified atom stereocenters. The number of hydrogen-bond donors (Lipinski definition) is 2. The predicted molar refractivity (Wildman–Crippen MR) is 125 cm³/mol. The predicted octanol–water partition coefficient (Wildman–Crippen LogP) is 4.11. The molecule has 0 aliphatic carbocycles. The van der Waals surface area contributed by atoms with Gasteiger partial charge in [-0.05, 0) is 55.7 Å². The Bertz CT molecular complexity index is 1010. The lowest BCUT2D eigenvalue weighted by Crippen LogP contribution is -2.35. The number of rotatable bonds is 6. The van der Waals surface area contributed by atoms with Gasteiger partial charge in [-0.25, -0.2) is 4.79 Å². The van der Waals surface area contributed by atoms with Gasteiger partial charge in [0.2, 0.25) is 5.91 Å². The number of carbonyl (C=O) groups excluding carboxylic acids is 4. The number of amides is 5. The number of nitrogens with zero attached hydrogens (tertiary/aromatic N) is 2. The van der Waals surface area contributed by atoms with Crippen molar-refractivity contribution in [1.29, 1.82) is 0 Å². The van der Waals surface area contributed by atoms with E-state index in [2.05, 4.69) is 10.6 Å². The molecule has 0 spiro atoms. The third kappa shape index (κ3) is 5.39. The lowest BCUT2D eigenvalue weighted by molar-refractivity contribution is -0.116. The molecule has 172 valence electrons. The Morgan fingerprint density at radius 2 is 1.30 bits per heavy atom. The van der Waals surface area contributed by atoms with Crippen LogP contribution in [0.25, 0.3) is 0 Å². The third-order valence-corrected chi connectivity index (χ3v) is 5.98. The fourth-order valence-corrected chi connectivity index (χ4v) is 4.18. The fourth-order valence-electron chi connectivity index (χ4n) is 4.18. The normalized spacial score (nSPS) is 15.8. The molecule has 2 aliphatic heterocycles. The van der Waals surface area contributed by atoms with E-state index in [1.54, 1.807) is 48.5 Å². The number of benzene rings is 2. The van der Waals surface area contributed by atoms with Gasteiger partial charge in [0.05, 0.1) is 11.1 Å². The summed E-state index contributed by atoms with van der Waals surface area (Å²) < 4.78 is 0. The van der Waals surface area contributed by atoms with Gasteiger partial charge in [0.1, 0.15) is 0 Å². The maximum absolute atomic E-state index is 12.4. The molecule has 0 atom stereocenters. The zero-order chi connectivity index (χ0) is 23.2. The molecule has 2 aliphatic rings. The molecule has 1 saturated heterocycles. The van der Waals surface area contributed by atoms with Crippen LogP contribution in [0, 0.1) is 0 Å². The second-order valence-electron chi connectivity index (χ2n) is 8.37. The average Bonchev–Trinajstić information content (AvgIpc) is 3.00.